The van der Waals surface area contributed by atoms with E-state index in [-0.39, 0.29) is 5.54 Å². The van der Waals surface area contributed by atoms with E-state index < -0.39 is 0 Å². The molecule has 0 amide bonds. The van der Waals surface area contributed by atoms with Crippen molar-refractivity contribution in [1.29, 1.82) is 0 Å². The van der Waals surface area contributed by atoms with Gasteiger partial charge in [-0.3, -0.25) is 4.90 Å². The molecule has 110 valence electrons. The summed E-state index contributed by atoms with van der Waals surface area (Å²) in [4.78, 5) is 2.37. The highest BCUT2D eigenvalue weighted by molar-refractivity contribution is 4.90. The van der Waals surface area contributed by atoms with Gasteiger partial charge in [-0.2, -0.15) is 0 Å². The monoisotopic (exact) mass is 262 g/mol. The Morgan fingerprint density at radius 3 is 2.11 bits per heavy atom. The molecule has 0 aliphatic rings. The summed E-state index contributed by atoms with van der Waals surface area (Å²) in [5.41, 5.74) is 5.89. The minimum Gasteiger partial charge on any atom is -0.385 e. The van der Waals surface area contributed by atoms with Crippen molar-refractivity contribution in [3.05, 3.63) is 0 Å². The molecule has 0 aliphatic carbocycles. The van der Waals surface area contributed by atoms with Gasteiger partial charge < -0.3 is 19.9 Å². The average molecular weight is 262 g/mol. The van der Waals surface area contributed by atoms with Crippen LogP contribution < -0.4 is 5.73 Å². The maximum atomic E-state index is 5.99. The third-order valence-electron chi connectivity index (χ3n) is 3.46. The summed E-state index contributed by atoms with van der Waals surface area (Å²) in [7, 11) is 5.17. The predicted octanol–water partition coefficient (Wildman–Crippen LogP) is 0.725. The van der Waals surface area contributed by atoms with Gasteiger partial charge in [0.25, 0.3) is 0 Å². The van der Waals surface area contributed by atoms with Gasteiger partial charge >= 0.3 is 0 Å². The van der Waals surface area contributed by atoms with Crippen LogP contribution in [0.25, 0.3) is 0 Å². The van der Waals surface area contributed by atoms with Gasteiger partial charge in [0.2, 0.25) is 0 Å². The fourth-order valence-corrected chi connectivity index (χ4v) is 2.21. The van der Waals surface area contributed by atoms with Crippen molar-refractivity contribution >= 4 is 0 Å². The molecular formula is C13H30N2O3. The number of hydrogen-bond acceptors (Lipinski definition) is 5. The molecule has 0 aromatic carbocycles. The molecule has 0 bridgehead atoms. The second kappa shape index (κ2) is 10.7. The van der Waals surface area contributed by atoms with Gasteiger partial charge in [-0.05, 0) is 12.8 Å². The Balaban J connectivity index is 4.61. The van der Waals surface area contributed by atoms with E-state index in [2.05, 4.69) is 11.8 Å². The van der Waals surface area contributed by atoms with Crippen LogP contribution in [0.4, 0.5) is 0 Å². The van der Waals surface area contributed by atoms with Crippen LogP contribution in [0.5, 0.6) is 0 Å². The summed E-state index contributed by atoms with van der Waals surface area (Å²) >= 11 is 0. The normalized spacial score (nSPS) is 15.0. The van der Waals surface area contributed by atoms with Crippen LogP contribution in [0.3, 0.4) is 0 Å². The van der Waals surface area contributed by atoms with E-state index in [1.165, 1.54) is 0 Å². The SMILES string of the molecule is CCC(CN)(COC)N(CCCOC)CCOC. The van der Waals surface area contributed by atoms with Crippen LogP contribution in [0.1, 0.15) is 19.8 Å². The van der Waals surface area contributed by atoms with Crippen molar-refractivity contribution in [2.45, 2.75) is 25.3 Å². The van der Waals surface area contributed by atoms with Gasteiger partial charge in [-0.1, -0.05) is 6.92 Å². The highest BCUT2D eigenvalue weighted by atomic mass is 16.5. The Hall–Kier alpha value is -0.200. The molecule has 0 fully saturated rings. The Labute approximate surface area is 112 Å². The van der Waals surface area contributed by atoms with E-state index in [0.29, 0.717) is 19.8 Å². The van der Waals surface area contributed by atoms with Gasteiger partial charge in [-0.25, -0.2) is 0 Å². The Morgan fingerprint density at radius 1 is 1.00 bits per heavy atom. The summed E-state index contributed by atoms with van der Waals surface area (Å²) in [5.74, 6) is 0. The first-order chi connectivity index (χ1) is 8.70. The second-order valence-corrected chi connectivity index (χ2v) is 4.54. The zero-order valence-electron chi connectivity index (χ0n) is 12.4. The van der Waals surface area contributed by atoms with Crippen LogP contribution >= 0.6 is 0 Å². The minimum atomic E-state index is -0.0962. The first-order valence-electron chi connectivity index (χ1n) is 6.62. The summed E-state index contributed by atoms with van der Waals surface area (Å²) < 4.78 is 15.7. The lowest BCUT2D eigenvalue weighted by Crippen LogP contribution is -2.57. The number of nitrogens with zero attached hydrogens (tertiary/aromatic N) is 1. The summed E-state index contributed by atoms with van der Waals surface area (Å²) in [6, 6.07) is 0. The molecule has 0 rings (SSSR count). The first-order valence-corrected chi connectivity index (χ1v) is 6.62. The van der Waals surface area contributed by atoms with Crippen LogP contribution in [-0.4, -0.2) is 71.2 Å². The molecule has 0 saturated carbocycles. The largest absolute Gasteiger partial charge is 0.385 e. The highest BCUT2D eigenvalue weighted by Crippen LogP contribution is 2.19. The smallest absolute Gasteiger partial charge is 0.0658 e. The van der Waals surface area contributed by atoms with Crippen LogP contribution in [0.2, 0.25) is 0 Å². The molecule has 5 heteroatoms. The lowest BCUT2D eigenvalue weighted by molar-refractivity contribution is -0.00506. The third-order valence-corrected chi connectivity index (χ3v) is 3.46. The van der Waals surface area contributed by atoms with Gasteiger partial charge in [0.05, 0.1) is 18.8 Å². The van der Waals surface area contributed by atoms with Gasteiger partial charge in [0, 0.05) is 47.6 Å². The molecule has 0 aromatic rings. The summed E-state index contributed by atoms with van der Waals surface area (Å²) in [5, 5.41) is 0. The first kappa shape index (κ1) is 17.8. The molecule has 0 aliphatic heterocycles. The lowest BCUT2D eigenvalue weighted by Gasteiger charge is -2.42. The maximum absolute atomic E-state index is 5.99. The highest BCUT2D eigenvalue weighted by Gasteiger charge is 2.33. The second-order valence-electron chi connectivity index (χ2n) is 4.54. The van der Waals surface area contributed by atoms with Crippen LogP contribution in [-0.2, 0) is 14.2 Å². The van der Waals surface area contributed by atoms with E-state index >= 15 is 0 Å². The summed E-state index contributed by atoms with van der Waals surface area (Å²) in [6.45, 7) is 6.69. The molecule has 0 radical (unpaired) electrons. The number of ether oxygens (including phenoxy) is 3. The molecule has 5 nitrogen and oxygen atoms in total. The Bertz CT molecular complexity index is 187. The van der Waals surface area contributed by atoms with E-state index in [1.54, 1.807) is 21.3 Å². The van der Waals surface area contributed by atoms with Crippen molar-refractivity contribution in [3.63, 3.8) is 0 Å². The molecule has 1 unspecified atom stereocenters. The van der Waals surface area contributed by atoms with E-state index in [9.17, 15) is 0 Å². The molecule has 1 atom stereocenters. The number of nitrogens with two attached hydrogens (primary N) is 1. The molecule has 0 aromatic heterocycles. The van der Waals surface area contributed by atoms with E-state index in [1.807, 2.05) is 0 Å². The zero-order chi connectivity index (χ0) is 13.9. The average Bonchev–Trinajstić information content (AvgIpc) is 2.40. The van der Waals surface area contributed by atoms with E-state index in [4.69, 9.17) is 19.9 Å². The number of hydrogen-bond donors (Lipinski definition) is 1. The molecule has 0 heterocycles. The molecule has 0 spiro atoms. The van der Waals surface area contributed by atoms with Crippen LogP contribution in [0.15, 0.2) is 0 Å². The quantitative estimate of drug-likeness (QED) is 0.525. The topological polar surface area (TPSA) is 57.0 Å². The van der Waals surface area contributed by atoms with Gasteiger partial charge in [0.15, 0.2) is 0 Å². The third kappa shape index (κ3) is 5.63. The Morgan fingerprint density at radius 2 is 1.67 bits per heavy atom. The molecule has 18 heavy (non-hydrogen) atoms. The minimum absolute atomic E-state index is 0.0962. The fourth-order valence-electron chi connectivity index (χ4n) is 2.21. The number of rotatable bonds is 12. The van der Waals surface area contributed by atoms with Gasteiger partial charge in [0.1, 0.15) is 0 Å². The van der Waals surface area contributed by atoms with Crippen molar-refractivity contribution in [3.8, 4) is 0 Å². The fraction of sp³-hybridized carbons (Fsp3) is 1.00. The van der Waals surface area contributed by atoms with Crippen molar-refractivity contribution in [2.24, 2.45) is 5.73 Å². The van der Waals surface area contributed by atoms with Crippen molar-refractivity contribution in [2.75, 3.05) is 60.8 Å². The maximum Gasteiger partial charge on any atom is 0.0658 e. The van der Waals surface area contributed by atoms with Crippen molar-refractivity contribution in [1.82, 2.24) is 4.90 Å². The van der Waals surface area contributed by atoms with Crippen molar-refractivity contribution < 1.29 is 14.2 Å². The summed E-state index contributed by atoms with van der Waals surface area (Å²) in [6.07, 6.45) is 1.96. The molecule has 0 saturated heterocycles. The van der Waals surface area contributed by atoms with E-state index in [0.717, 1.165) is 32.5 Å². The van der Waals surface area contributed by atoms with Crippen LogP contribution in [0, 0.1) is 0 Å². The molecular weight excluding hydrogens is 232 g/mol. The Kier molecular flexibility index (Phi) is 10.6. The standard InChI is InChI=1S/C13H30N2O3/c1-5-13(11-14,12-18-4)15(8-10-17-3)7-6-9-16-2/h5-12,14H2,1-4H3. The predicted molar refractivity (Wildman–Crippen MR) is 73.9 cm³/mol. The number of methoxy groups -OCH3 is 3. The zero-order valence-corrected chi connectivity index (χ0v) is 12.4. The van der Waals surface area contributed by atoms with Gasteiger partial charge in [-0.15, -0.1) is 0 Å². The lowest BCUT2D eigenvalue weighted by atomic mass is 9.94. The molecule has 2 N–H and O–H groups in total.